The van der Waals surface area contributed by atoms with Crippen LogP contribution >= 0.6 is 0 Å². The molecule has 0 saturated carbocycles. The first-order valence-electron chi connectivity index (χ1n) is 17.2. The zero-order chi connectivity index (χ0) is 31.2. The van der Waals surface area contributed by atoms with Gasteiger partial charge in [0.15, 0.2) is 0 Å². The molecule has 42 heavy (non-hydrogen) atoms. The van der Waals surface area contributed by atoms with Crippen LogP contribution in [0.3, 0.4) is 0 Å². The van der Waals surface area contributed by atoms with Gasteiger partial charge in [-0.05, 0) is 19.8 Å². The van der Waals surface area contributed by atoms with Crippen LogP contribution in [0.1, 0.15) is 103 Å². The lowest BCUT2D eigenvalue weighted by Gasteiger charge is -2.26. The summed E-state index contributed by atoms with van der Waals surface area (Å²) in [7, 11) is -0.00527. The monoisotopic (exact) mass is 640 g/mol. The van der Waals surface area contributed by atoms with Crippen molar-refractivity contribution in [3.05, 3.63) is 24.3 Å². The SMILES string of the molecule is CCOOCCCCCCCCCCC[Si](C)(C)c1ccc([Si](C)(C)CCCCCCCC[Si](OC)(OC)OC)cc1. The highest BCUT2D eigenvalue weighted by Gasteiger charge is 2.36. The van der Waals surface area contributed by atoms with E-state index < -0.39 is 25.0 Å². The van der Waals surface area contributed by atoms with Gasteiger partial charge in [-0.25, -0.2) is 9.78 Å². The molecule has 8 heteroatoms. The van der Waals surface area contributed by atoms with E-state index >= 15 is 0 Å². The second-order valence-corrected chi connectivity index (χ2v) is 26.2. The van der Waals surface area contributed by atoms with Gasteiger partial charge < -0.3 is 13.3 Å². The van der Waals surface area contributed by atoms with Gasteiger partial charge in [-0.3, -0.25) is 0 Å². The third-order valence-corrected chi connectivity index (χ3v) is 19.0. The van der Waals surface area contributed by atoms with Gasteiger partial charge in [0, 0.05) is 27.4 Å². The Morgan fingerprint density at radius 2 is 0.786 bits per heavy atom. The van der Waals surface area contributed by atoms with E-state index in [2.05, 4.69) is 50.5 Å². The van der Waals surface area contributed by atoms with Crippen LogP contribution in [0.15, 0.2) is 24.3 Å². The molecule has 246 valence electrons. The first kappa shape index (κ1) is 39.7. The molecule has 0 amide bonds. The number of hydrogen-bond donors (Lipinski definition) is 0. The molecular weight excluding hydrogens is 573 g/mol. The number of unbranched alkanes of at least 4 members (excludes halogenated alkanes) is 13. The maximum absolute atomic E-state index is 5.53. The topological polar surface area (TPSA) is 46.2 Å². The summed E-state index contributed by atoms with van der Waals surface area (Å²) in [4.78, 5) is 10.0. The maximum atomic E-state index is 5.53. The van der Waals surface area contributed by atoms with E-state index in [1.807, 2.05) is 6.92 Å². The highest BCUT2D eigenvalue weighted by atomic mass is 28.4. The number of hydrogen-bond acceptors (Lipinski definition) is 5. The van der Waals surface area contributed by atoms with Crippen molar-refractivity contribution in [3.63, 3.8) is 0 Å². The fourth-order valence-corrected chi connectivity index (χ4v) is 12.7. The van der Waals surface area contributed by atoms with Crippen molar-refractivity contribution in [2.45, 2.75) is 148 Å². The van der Waals surface area contributed by atoms with Crippen LogP contribution in [0.5, 0.6) is 0 Å². The van der Waals surface area contributed by atoms with Crippen molar-refractivity contribution in [3.8, 4) is 0 Å². The molecule has 0 spiro atoms. The lowest BCUT2D eigenvalue weighted by Crippen LogP contribution is -2.45. The second kappa shape index (κ2) is 23.1. The molecule has 5 nitrogen and oxygen atoms in total. The Bertz CT molecular complexity index is 761. The molecule has 0 N–H and O–H groups in total. The Kier molecular flexibility index (Phi) is 21.8. The Balaban J connectivity index is 2.22. The van der Waals surface area contributed by atoms with Crippen molar-refractivity contribution < 1.29 is 23.1 Å². The fraction of sp³-hybridized carbons (Fsp3) is 0.824. The average Bonchev–Trinajstić information content (AvgIpc) is 2.99. The van der Waals surface area contributed by atoms with Crippen molar-refractivity contribution >= 4 is 35.3 Å². The van der Waals surface area contributed by atoms with Crippen LogP contribution in [-0.2, 0) is 23.1 Å². The average molecular weight is 641 g/mol. The van der Waals surface area contributed by atoms with Gasteiger partial charge in [0.05, 0.1) is 29.4 Å². The summed E-state index contributed by atoms with van der Waals surface area (Å²) in [5.41, 5.74) is 0. The van der Waals surface area contributed by atoms with E-state index in [4.69, 9.17) is 23.1 Å². The van der Waals surface area contributed by atoms with Crippen LogP contribution in [0.2, 0.25) is 44.3 Å². The largest absolute Gasteiger partial charge is 0.500 e. The van der Waals surface area contributed by atoms with Crippen LogP contribution in [0.4, 0.5) is 0 Å². The first-order chi connectivity index (χ1) is 20.2. The number of benzene rings is 1. The summed E-state index contributed by atoms with van der Waals surface area (Å²) < 4.78 is 16.6. The molecule has 0 unspecified atom stereocenters. The molecule has 0 radical (unpaired) electrons. The molecule has 0 atom stereocenters. The van der Waals surface area contributed by atoms with Gasteiger partial charge in [-0.15, -0.1) is 0 Å². The summed E-state index contributed by atoms with van der Waals surface area (Å²) in [5.74, 6) is 0. The molecule has 1 rings (SSSR count). The Hall–Kier alpha value is -0.329. The lowest BCUT2D eigenvalue weighted by molar-refractivity contribution is -0.291. The summed E-state index contributed by atoms with van der Waals surface area (Å²) in [6.07, 6.45) is 19.7. The van der Waals surface area contributed by atoms with Crippen LogP contribution in [0, 0.1) is 0 Å². The Labute approximate surface area is 264 Å². The molecular formula is C34H68O5Si3. The minimum absolute atomic E-state index is 0.637. The molecule has 1 aromatic carbocycles. The van der Waals surface area contributed by atoms with E-state index in [0.29, 0.717) is 6.61 Å². The summed E-state index contributed by atoms with van der Waals surface area (Å²) in [6.45, 7) is 13.6. The molecule has 0 aliphatic carbocycles. The molecule has 0 heterocycles. The van der Waals surface area contributed by atoms with Crippen molar-refractivity contribution in [1.29, 1.82) is 0 Å². The molecule has 1 aromatic rings. The highest BCUT2D eigenvalue weighted by Crippen LogP contribution is 2.21. The fourth-order valence-electron chi connectivity index (χ4n) is 5.94. The Morgan fingerprint density at radius 1 is 0.452 bits per heavy atom. The summed E-state index contributed by atoms with van der Waals surface area (Å²) in [5, 5.41) is 3.28. The molecule has 0 aliphatic rings. The van der Waals surface area contributed by atoms with E-state index in [0.717, 1.165) is 25.5 Å². The quantitative estimate of drug-likeness (QED) is 0.0395. The van der Waals surface area contributed by atoms with E-state index in [1.54, 1.807) is 31.7 Å². The van der Waals surface area contributed by atoms with E-state index in [1.165, 1.54) is 95.6 Å². The van der Waals surface area contributed by atoms with Crippen molar-refractivity contribution in [1.82, 2.24) is 0 Å². The zero-order valence-electron chi connectivity index (χ0n) is 29.0. The van der Waals surface area contributed by atoms with Crippen LogP contribution < -0.4 is 10.4 Å². The van der Waals surface area contributed by atoms with Crippen LogP contribution in [0.25, 0.3) is 0 Å². The van der Waals surface area contributed by atoms with E-state index in [-0.39, 0.29) is 0 Å². The lowest BCUT2D eigenvalue weighted by atomic mass is 10.1. The third kappa shape index (κ3) is 16.7. The molecule has 0 saturated heterocycles. The van der Waals surface area contributed by atoms with Gasteiger partial charge in [-0.1, -0.05) is 156 Å². The minimum Gasteiger partial charge on any atom is -0.377 e. The Morgan fingerprint density at radius 3 is 1.14 bits per heavy atom. The van der Waals surface area contributed by atoms with Gasteiger partial charge in [0.2, 0.25) is 0 Å². The van der Waals surface area contributed by atoms with Crippen LogP contribution in [-0.4, -0.2) is 59.5 Å². The number of rotatable bonds is 28. The highest BCUT2D eigenvalue weighted by molar-refractivity contribution is 6.91. The smallest absolute Gasteiger partial charge is 0.377 e. The van der Waals surface area contributed by atoms with E-state index in [9.17, 15) is 0 Å². The summed E-state index contributed by atoms with van der Waals surface area (Å²) in [6, 6.07) is 13.7. The second-order valence-electron chi connectivity index (χ2n) is 13.4. The normalized spacial score (nSPS) is 12.8. The predicted molar refractivity (Wildman–Crippen MR) is 189 cm³/mol. The first-order valence-corrected chi connectivity index (χ1v) is 25.5. The predicted octanol–water partition coefficient (Wildman–Crippen LogP) is 9.22. The summed E-state index contributed by atoms with van der Waals surface area (Å²) >= 11 is 0. The van der Waals surface area contributed by atoms with Gasteiger partial charge in [0.1, 0.15) is 0 Å². The maximum Gasteiger partial charge on any atom is 0.500 e. The third-order valence-electron chi connectivity index (χ3n) is 9.15. The zero-order valence-corrected chi connectivity index (χ0v) is 32.0. The molecule has 0 fully saturated rings. The van der Waals surface area contributed by atoms with Crippen molar-refractivity contribution in [2.24, 2.45) is 0 Å². The van der Waals surface area contributed by atoms with Gasteiger partial charge in [0.25, 0.3) is 0 Å². The van der Waals surface area contributed by atoms with Gasteiger partial charge in [-0.2, -0.15) is 0 Å². The molecule has 0 aliphatic heterocycles. The van der Waals surface area contributed by atoms with Crippen molar-refractivity contribution in [2.75, 3.05) is 34.5 Å². The molecule has 0 aromatic heterocycles. The standard InChI is InChI=1S/C34H68O5Si3/c1-9-38-39-29-21-17-13-11-10-12-14-18-22-30-40(5,6)33-25-27-34(28-26-33)41(7,8)31-23-19-15-16-20-24-32-42(35-2,36-3)37-4/h25-28H,9-24,29-32H2,1-8H3. The van der Waals surface area contributed by atoms with Gasteiger partial charge >= 0.3 is 8.80 Å². The molecule has 0 bridgehead atoms. The minimum atomic E-state index is -2.39.